The first kappa shape index (κ1) is 22.2. The van der Waals surface area contributed by atoms with Crippen molar-refractivity contribution in [1.82, 2.24) is 4.31 Å². The number of carbonyl (C=O) groups excluding carboxylic acids is 1. The highest BCUT2D eigenvalue weighted by Gasteiger charge is 2.26. The van der Waals surface area contributed by atoms with Gasteiger partial charge in [0.25, 0.3) is 5.91 Å². The predicted molar refractivity (Wildman–Crippen MR) is 114 cm³/mol. The van der Waals surface area contributed by atoms with Gasteiger partial charge in [-0.2, -0.15) is 4.31 Å². The van der Waals surface area contributed by atoms with Crippen molar-refractivity contribution in [1.29, 1.82) is 0 Å². The van der Waals surface area contributed by atoms with Crippen LogP contribution in [0.15, 0.2) is 47.4 Å². The molecule has 2 aromatic rings. The first-order valence-corrected chi connectivity index (χ1v) is 12.5. The standard InChI is InChI=1S/C19H23N3O6S2/c1-14-13-15(3-8-18(14)21-29(2,24)25)19(23)20-16-4-6-17(7-5-16)30(26,27)22-9-11-28-12-10-22/h3-8,13,21H,9-12H2,1-2H3,(H,20,23). The molecule has 1 aliphatic heterocycles. The van der Waals surface area contributed by atoms with Gasteiger partial charge in [0.2, 0.25) is 20.0 Å². The van der Waals surface area contributed by atoms with Crippen LogP contribution in [-0.4, -0.2) is 59.6 Å². The smallest absolute Gasteiger partial charge is 0.255 e. The molecule has 162 valence electrons. The third-order valence-electron chi connectivity index (χ3n) is 4.50. The average molecular weight is 454 g/mol. The van der Waals surface area contributed by atoms with Gasteiger partial charge in [0, 0.05) is 24.3 Å². The molecule has 0 aromatic heterocycles. The van der Waals surface area contributed by atoms with Crippen molar-refractivity contribution in [3.05, 3.63) is 53.6 Å². The zero-order valence-corrected chi connectivity index (χ0v) is 18.2. The van der Waals surface area contributed by atoms with E-state index in [1.807, 2.05) is 0 Å². The number of hydrogen-bond donors (Lipinski definition) is 2. The molecular formula is C19H23N3O6S2. The Morgan fingerprint density at radius 2 is 1.63 bits per heavy atom. The van der Waals surface area contributed by atoms with Crippen LogP contribution in [-0.2, 0) is 24.8 Å². The zero-order chi connectivity index (χ0) is 21.9. The average Bonchev–Trinajstić information content (AvgIpc) is 2.69. The third-order valence-corrected chi connectivity index (χ3v) is 7.01. The summed E-state index contributed by atoms with van der Waals surface area (Å²) in [6.07, 6.45) is 1.05. The van der Waals surface area contributed by atoms with Crippen molar-refractivity contribution in [3.63, 3.8) is 0 Å². The van der Waals surface area contributed by atoms with E-state index in [4.69, 9.17) is 4.74 Å². The molecule has 1 saturated heterocycles. The summed E-state index contributed by atoms with van der Waals surface area (Å²) in [6.45, 7) is 3.04. The second-order valence-corrected chi connectivity index (χ2v) is 10.6. The monoisotopic (exact) mass is 453 g/mol. The van der Waals surface area contributed by atoms with Gasteiger partial charge in [-0.05, 0) is 55.0 Å². The molecule has 1 amide bonds. The van der Waals surface area contributed by atoms with E-state index in [-0.39, 0.29) is 4.90 Å². The Bertz CT molecular complexity index is 1140. The van der Waals surface area contributed by atoms with Gasteiger partial charge in [-0.3, -0.25) is 9.52 Å². The largest absolute Gasteiger partial charge is 0.379 e. The molecule has 3 rings (SSSR count). The highest BCUT2D eigenvalue weighted by Crippen LogP contribution is 2.21. The molecule has 30 heavy (non-hydrogen) atoms. The molecule has 0 atom stereocenters. The topological polar surface area (TPSA) is 122 Å². The highest BCUT2D eigenvalue weighted by molar-refractivity contribution is 7.92. The number of aryl methyl sites for hydroxylation is 1. The summed E-state index contributed by atoms with van der Waals surface area (Å²) in [5.41, 5.74) is 1.78. The van der Waals surface area contributed by atoms with Gasteiger partial charge in [-0.15, -0.1) is 0 Å². The van der Waals surface area contributed by atoms with Crippen molar-refractivity contribution in [2.75, 3.05) is 42.6 Å². The molecule has 9 nitrogen and oxygen atoms in total. The maximum atomic E-state index is 12.6. The summed E-state index contributed by atoms with van der Waals surface area (Å²) < 4.78 is 57.0. The van der Waals surface area contributed by atoms with Crippen LogP contribution >= 0.6 is 0 Å². The summed E-state index contributed by atoms with van der Waals surface area (Å²) in [6, 6.07) is 10.5. The third kappa shape index (κ3) is 5.36. The molecule has 0 unspecified atom stereocenters. The number of rotatable bonds is 6. The van der Waals surface area contributed by atoms with Crippen molar-refractivity contribution in [2.24, 2.45) is 0 Å². The molecule has 2 aromatic carbocycles. The minimum Gasteiger partial charge on any atom is -0.379 e. The molecule has 0 bridgehead atoms. The SMILES string of the molecule is Cc1cc(C(=O)Nc2ccc(S(=O)(=O)N3CCOCC3)cc2)ccc1NS(C)(=O)=O. The maximum absolute atomic E-state index is 12.6. The van der Waals surface area contributed by atoms with Gasteiger partial charge in [0.1, 0.15) is 0 Å². The molecule has 0 aliphatic carbocycles. The van der Waals surface area contributed by atoms with E-state index in [0.29, 0.717) is 48.8 Å². The number of sulfonamides is 2. The number of nitrogens with zero attached hydrogens (tertiary/aromatic N) is 1. The van der Waals surface area contributed by atoms with Crippen molar-refractivity contribution in [2.45, 2.75) is 11.8 Å². The lowest BCUT2D eigenvalue weighted by Crippen LogP contribution is -2.40. The molecule has 1 heterocycles. The zero-order valence-electron chi connectivity index (χ0n) is 16.6. The first-order chi connectivity index (χ1) is 14.1. The van der Waals surface area contributed by atoms with E-state index in [1.54, 1.807) is 13.0 Å². The normalized spacial score (nSPS) is 15.5. The Morgan fingerprint density at radius 3 is 2.20 bits per heavy atom. The minimum atomic E-state index is -3.60. The summed E-state index contributed by atoms with van der Waals surface area (Å²) in [7, 11) is -7.02. The lowest BCUT2D eigenvalue weighted by Gasteiger charge is -2.26. The molecule has 1 fully saturated rings. The minimum absolute atomic E-state index is 0.148. The number of morpholine rings is 1. The van der Waals surface area contributed by atoms with Crippen LogP contribution in [0.5, 0.6) is 0 Å². The number of carbonyl (C=O) groups is 1. The number of amides is 1. The van der Waals surface area contributed by atoms with E-state index in [1.165, 1.54) is 40.7 Å². The van der Waals surface area contributed by atoms with Crippen LogP contribution in [0.2, 0.25) is 0 Å². The number of ether oxygens (including phenoxy) is 1. The number of benzene rings is 2. The summed E-state index contributed by atoms with van der Waals surface area (Å²) in [4.78, 5) is 12.6. The number of nitrogens with one attached hydrogen (secondary N) is 2. The Labute approximate surface area is 176 Å². The molecule has 0 radical (unpaired) electrons. The van der Waals surface area contributed by atoms with Crippen LogP contribution in [0, 0.1) is 6.92 Å². The number of anilines is 2. The van der Waals surface area contributed by atoms with Crippen LogP contribution < -0.4 is 10.0 Å². The van der Waals surface area contributed by atoms with Gasteiger partial charge in [-0.1, -0.05) is 0 Å². The fourth-order valence-corrected chi connectivity index (χ4v) is 5.01. The van der Waals surface area contributed by atoms with Crippen molar-refractivity contribution >= 4 is 37.3 Å². The quantitative estimate of drug-likeness (QED) is 0.686. The van der Waals surface area contributed by atoms with Crippen LogP contribution in [0.3, 0.4) is 0 Å². The molecule has 0 spiro atoms. The fourth-order valence-electron chi connectivity index (χ4n) is 2.97. The second-order valence-electron chi connectivity index (χ2n) is 6.90. The van der Waals surface area contributed by atoms with E-state index >= 15 is 0 Å². The van der Waals surface area contributed by atoms with Gasteiger partial charge in [0.15, 0.2) is 0 Å². The van der Waals surface area contributed by atoms with Gasteiger partial charge in [-0.25, -0.2) is 16.8 Å². The molecule has 0 saturated carbocycles. The van der Waals surface area contributed by atoms with E-state index < -0.39 is 26.0 Å². The lowest BCUT2D eigenvalue weighted by atomic mass is 10.1. The Morgan fingerprint density at radius 1 is 1.00 bits per heavy atom. The van der Waals surface area contributed by atoms with Gasteiger partial charge in [0.05, 0.1) is 30.1 Å². The predicted octanol–water partition coefficient (Wildman–Crippen LogP) is 1.64. The molecule has 1 aliphatic rings. The van der Waals surface area contributed by atoms with Crippen LogP contribution in [0.4, 0.5) is 11.4 Å². The Hall–Kier alpha value is -2.47. The van der Waals surface area contributed by atoms with Gasteiger partial charge < -0.3 is 10.1 Å². The van der Waals surface area contributed by atoms with Crippen molar-refractivity contribution < 1.29 is 26.4 Å². The highest BCUT2D eigenvalue weighted by atomic mass is 32.2. The molecule has 2 N–H and O–H groups in total. The van der Waals surface area contributed by atoms with Crippen LogP contribution in [0.1, 0.15) is 15.9 Å². The fraction of sp³-hybridized carbons (Fsp3) is 0.316. The second kappa shape index (κ2) is 8.72. The van der Waals surface area contributed by atoms with Crippen molar-refractivity contribution in [3.8, 4) is 0 Å². The Kier molecular flexibility index (Phi) is 6.46. The van der Waals surface area contributed by atoms with E-state index in [2.05, 4.69) is 10.0 Å². The summed E-state index contributed by atoms with van der Waals surface area (Å²) >= 11 is 0. The summed E-state index contributed by atoms with van der Waals surface area (Å²) in [5.74, 6) is -0.396. The van der Waals surface area contributed by atoms with Gasteiger partial charge >= 0.3 is 0 Å². The first-order valence-electron chi connectivity index (χ1n) is 9.14. The molecule has 11 heteroatoms. The van der Waals surface area contributed by atoms with E-state index in [0.717, 1.165) is 6.26 Å². The molecular weight excluding hydrogens is 430 g/mol. The number of hydrogen-bond acceptors (Lipinski definition) is 6. The summed E-state index contributed by atoms with van der Waals surface area (Å²) in [5, 5.41) is 2.71. The lowest BCUT2D eigenvalue weighted by molar-refractivity contribution is 0.0730. The maximum Gasteiger partial charge on any atom is 0.255 e. The van der Waals surface area contributed by atoms with Crippen LogP contribution in [0.25, 0.3) is 0 Å². The van der Waals surface area contributed by atoms with E-state index in [9.17, 15) is 21.6 Å². The Balaban J connectivity index is 1.71.